The molecule has 6 nitrogen and oxygen atoms in total. The van der Waals surface area contributed by atoms with E-state index in [2.05, 4.69) is 34.0 Å². The lowest BCUT2D eigenvalue weighted by molar-refractivity contribution is -0.143. The molecule has 2 heterocycles. The molecule has 0 amide bonds. The Bertz CT molecular complexity index is 485. The summed E-state index contributed by atoms with van der Waals surface area (Å²) in [4.78, 5) is 22.5. The van der Waals surface area contributed by atoms with Crippen LogP contribution >= 0.6 is 0 Å². The maximum atomic E-state index is 11.3. The van der Waals surface area contributed by atoms with Gasteiger partial charge in [0, 0.05) is 44.2 Å². The summed E-state index contributed by atoms with van der Waals surface area (Å²) in [5, 5.41) is 3.51. The van der Waals surface area contributed by atoms with Gasteiger partial charge in [-0.1, -0.05) is 6.92 Å². The smallest absolute Gasteiger partial charge is 0.305 e. The van der Waals surface area contributed by atoms with Gasteiger partial charge in [0.05, 0.1) is 6.61 Å². The Morgan fingerprint density at radius 1 is 1.41 bits per heavy atom. The number of aromatic nitrogens is 2. The first kappa shape index (κ1) is 16.7. The zero-order valence-electron chi connectivity index (χ0n) is 13.7. The number of nitrogens with one attached hydrogen (secondary N) is 1. The molecule has 0 bridgehead atoms. The number of hydrogen-bond acceptors (Lipinski definition) is 6. The highest BCUT2D eigenvalue weighted by Gasteiger charge is 2.22. The van der Waals surface area contributed by atoms with Crippen LogP contribution < -0.4 is 10.2 Å². The number of anilines is 1. The summed E-state index contributed by atoms with van der Waals surface area (Å²) >= 11 is 0. The van der Waals surface area contributed by atoms with Crippen molar-refractivity contribution in [2.45, 2.75) is 52.1 Å². The van der Waals surface area contributed by atoms with Crippen LogP contribution in [-0.4, -0.2) is 47.7 Å². The monoisotopic (exact) mass is 306 g/mol. The van der Waals surface area contributed by atoms with E-state index < -0.39 is 0 Å². The fourth-order valence-corrected chi connectivity index (χ4v) is 2.73. The molecule has 22 heavy (non-hydrogen) atoms. The van der Waals surface area contributed by atoms with Crippen molar-refractivity contribution in [2.24, 2.45) is 0 Å². The first-order valence-electron chi connectivity index (χ1n) is 8.07. The Labute approximate surface area is 132 Å². The number of nitrogens with zero attached hydrogens (tertiary/aromatic N) is 3. The van der Waals surface area contributed by atoms with E-state index in [1.807, 2.05) is 13.0 Å². The number of carbonyl (C=O) groups is 1. The molecule has 1 saturated heterocycles. The van der Waals surface area contributed by atoms with Crippen LogP contribution in [0, 0.1) is 0 Å². The molecule has 2 atom stereocenters. The molecule has 1 aliphatic rings. The minimum absolute atomic E-state index is 0.150. The van der Waals surface area contributed by atoms with Crippen molar-refractivity contribution in [3.63, 3.8) is 0 Å². The number of piperazine rings is 1. The summed E-state index contributed by atoms with van der Waals surface area (Å²) in [6.45, 7) is 8.54. The second-order valence-corrected chi connectivity index (χ2v) is 5.93. The molecule has 0 aromatic carbocycles. The number of carbonyl (C=O) groups excluding carboxylic acids is 1. The number of ether oxygens (including phenoxy) is 1. The maximum absolute atomic E-state index is 11.3. The molecule has 0 spiro atoms. The molecule has 0 unspecified atom stereocenters. The van der Waals surface area contributed by atoms with Crippen LogP contribution in [0.4, 0.5) is 5.82 Å². The molecular weight excluding hydrogens is 280 g/mol. The average Bonchev–Trinajstić information content (AvgIpc) is 2.47. The third-order valence-electron chi connectivity index (χ3n) is 3.62. The van der Waals surface area contributed by atoms with Crippen molar-refractivity contribution in [3.8, 4) is 0 Å². The number of esters is 1. The predicted octanol–water partition coefficient (Wildman–Crippen LogP) is 1.55. The van der Waals surface area contributed by atoms with Gasteiger partial charge in [0.1, 0.15) is 11.6 Å². The van der Waals surface area contributed by atoms with Gasteiger partial charge >= 0.3 is 5.97 Å². The molecule has 6 heteroatoms. The number of hydrogen-bond donors (Lipinski definition) is 1. The van der Waals surface area contributed by atoms with Gasteiger partial charge in [-0.25, -0.2) is 9.97 Å². The third kappa shape index (κ3) is 4.94. The molecule has 0 saturated carbocycles. The Morgan fingerprint density at radius 2 is 2.14 bits per heavy atom. The highest BCUT2D eigenvalue weighted by atomic mass is 16.5. The van der Waals surface area contributed by atoms with E-state index in [0.29, 0.717) is 31.5 Å². The summed E-state index contributed by atoms with van der Waals surface area (Å²) in [5.74, 6) is 1.52. The van der Waals surface area contributed by atoms with Gasteiger partial charge in [-0.2, -0.15) is 0 Å². The van der Waals surface area contributed by atoms with E-state index in [1.54, 1.807) is 6.20 Å². The molecular formula is C16H26N4O2. The van der Waals surface area contributed by atoms with E-state index in [9.17, 15) is 4.79 Å². The Balaban J connectivity index is 1.91. The van der Waals surface area contributed by atoms with Crippen LogP contribution in [0.5, 0.6) is 0 Å². The van der Waals surface area contributed by atoms with E-state index >= 15 is 0 Å². The molecule has 1 aromatic rings. The Kier molecular flexibility index (Phi) is 6.12. The van der Waals surface area contributed by atoms with E-state index in [1.165, 1.54) is 0 Å². The first-order valence-corrected chi connectivity index (χ1v) is 8.07. The quantitative estimate of drug-likeness (QED) is 0.804. The topological polar surface area (TPSA) is 67.3 Å². The molecule has 1 aromatic heterocycles. The zero-order chi connectivity index (χ0) is 15.9. The summed E-state index contributed by atoms with van der Waals surface area (Å²) in [7, 11) is 0. The Morgan fingerprint density at radius 3 is 2.82 bits per heavy atom. The van der Waals surface area contributed by atoms with Crippen LogP contribution in [0.1, 0.15) is 39.4 Å². The highest BCUT2D eigenvalue weighted by Crippen LogP contribution is 2.14. The lowest BCUT2D eigenvalue weighted by atomic mass is 10.1. The minimum Gasteiger partial charge on any atom is -0.465 e. The van der Waals surface area contributed by atoms with Gasteiger partial charge in [0.15, 0.2) is 0 Å². The van der Waals surface area contributed by atoms with Gasteiger partial charge in [-0.15, -0.1) is 0 Å². The lowest BCUT2D eigenvalue weighted by Gasteiger charge is -2.36. The molecule has 1 fully saturated rings. The summed E-state index contributed by atoms with van der Waals surface area (Å²) in [5.41, 5.74) is 0. The fourth-order valence-electron chi connectivity index (χ4n) is 2.73. The van der Waals surface area contributed by atoms with E-state index in [0.717, 1.165) is 31.2 Å². The summed E-state index contributed by atoms with van der Waals surface area (Å²) in [6.07, 6.45) is 3.62. The molecule has 2 rings (SSSR count). The van der Waals surface area contributed by atoms with Gasteiger partial charge in [0.2, 0.25) is 0 Å². The molecule has 0 radical (unpaired) electrons. The fraction of sp³-hybridized carbons (Fsp3) is 0.688. The van der Waals surface area contributed by atoms with Crippen molar-refractivity contribution in [1.29, 1.82) is 0 Å². The zero-order valence-corrected chi connectivity index (χ0v) is 13.7. The largest absolute Gasteiger partial charge is 0.465 e. The molecule has 0 aliphatic carbocycles. The SMILES string of the molecule is CCCC(=O)OCCc1nccc(N2C[C@@H](C)N[C@@H](C)C2)n1. The van der Waals surface area contributed by atoms with Crippen LogP contribution in [0.15, 0.2) is 12.3 Å². The third-order valence-corrected chi connectivity index (χ3v) is 3.62. The van der Waals surface area contributed by atoms with Crippen molar-refractivity contribution >= 4 is 11.8 Å². The van der Waals surface area contributed by atoms with Crippen LogP contribution in [-0.2, 0) is 16.0 Å². The van der Waals surface area contributed by atoms with Crippen molar-refractivity contribution in [1.82, 2.24) is 15.3 Å². The van der Waals surface area contributed by atoms with Crippen molar-refractivity contribution in [2.75, 3.05) is 24.6 Å². The van der Waals surface area contributed by atoms with Gasteiger partial charge in [-0.05, 0) is 26.3 Å². The molecule has 1 aliphatic heterocycles. The van der Waals surface area contributed by atoms with Crippen LogP contribution in [0.2, 0.25) is 0 Å². The lowest BCUT2D eigenvalue weighted by Crippen LogP contribution is -2.54. The predicted molar refractivity (Wildman–Crippen MR) is 85.9 cm³/mol. The molecule has 1 N–H and O–H groups in total. The maximum Gasteiger partial charge on any atom is 0.305 e. The van der Waals surface area contributed by atoms with E-state index in [4.69, 9.17) is 4.74 Å². The van der Waals surface area contributed by atoms with Crippen molar-refractivity contribution in [3.05, 3.63) is 18.1 Å². The second kappa shape index (κ2) is 8.08. The highest BCUT2D eigenvalue weighted by molar-refractivity contribution is 5.69. The van der Waals surface area contributed by atoms with Gasteiger partial charge < -0.3 is 15.0 Å². The standard InChI is InChI=1S/C16H26N4O2/c1-4-5-16(21)22-9-7-14-17-8-6-15(19-14)20-10-12(2)18-13(3)11-20/h6,8,12-13,18H,4-5,7,9-11H2,1-3H3/t12-,13+. The van der Waals surface area contributed by atoms with Crippen LogP contribution in [0.25, 0.3) is 0 Å². The van der Waals surface area contributed by atoms with Gasteiger partial charge in [0.25, 0.3) is 0 Å². The van der Waals surface area contributed by atoms with E-state index in [-0.39, 0.29) is 5.97 Å². The minimum atomic E-state index is -0.150. The van der Waals surface area contributed by atoms with Gasteiger partial charge in [-0.3, -0.25) is 4.79 Å². The summed E-state index contributed by atoms with van der Waals surface area (Å²) in [6, 6.07) is 2.83. The number of rotatable bonds is 6. The van der Waals surface area contributed by atoms with Crippen molar-refractivity contribution < 1.29 is 9.53 Å². The first-order chi connectivity index (χ1) is 10.6. The average molecular weight is 306 g/mol. The van der Waals surface area contributed by atoms with Crippen LogP contribution in [0.3, 0.4) is 0 Å². The Hall–Kier alpha value is -1.69. The second-order valence-electron chi connectivity index (χ2n) is 5.93. The molecule has 122 valence electrons. The normalized spacial score (nSPS) is 21.7. The summed E-state index contributed by atoms with van der Waals surface area (Å²) < 4.78 is 5.16.